The number of phenolic OH excluding ortho intramolecular Hbond substituents is 1. The van der Waals surface area contributed by atoms with Crippen molar-refractivity contribution in [2.75, 3.05) is 13.2 Å². The van der Waals surface area contributed by atoms with Crippen molar-refractivity contribution in [3.05, 3.63) is 29.8 Å². The molecule has 1 saturated heterocycles. The molecular weight excluding hydrogens is 318 g/mol. The van der Waals surface area contributed by atoms with Crippen LogP contribution in [0.2, 0.25) is 0 Å². The standard InChI is InChI=1S/C16H23NO7/c1-9(19)17-13-15(22)14(21)12(8-18)24-16(13)23-7-6-10-2-4-11(20)5-3-10/h2-5,12-16,18,20-22H,6-8H2,1H3,(H,17,19)/t12-,13-,14-,15-,16+/m1/s1. The molecule has 1 heterocycles. The van der Waals surface area contributed by atoms with Crippen LogP contribution in [0.25, 0.3) is 0 Å². The van der Waals surface area contributed by atoms with Crippen molar-refractivity contribution < 1.29 is 34.7 Å². The molecule has 0 aromatic heterocycles. The second kappa shape index (κ2) is 8.41. The molecule has 0 bridgehead atoms. The first-order valence-electron chi connectivity index (χ1n) is 7.71. The largest absolute Gasteiger partial charge is 0.508 e. The van der Waals surface area contributed by atoms with Crippen LogP contribution in [0, 0.1) is 0 Å². The molecule has 0 spiro atoms. The van der Waals surface area contributed by atoms with Crippen molar-refractivity contribution in [2.45, 2.75) is 44.0 Å². The van der Waals surface area contributed by atoms with Gasteiger partial charge in [-0.15, -0.1) is 0 Å². The zero-order valence-electron chi connectivity index (χ0n) is 13.3. The van der Waals surface area contributed by atoms with Gasteiger partial charge in [-0.25, -0.2) is 0 Å². The lowest BCUT2D eigenvalue weighted by atomic mass is 9.97. The summed E-state index contributed by atoms with van der Waals surface area (Å²) in [4.78, 5) is 11.3. The number of hydrogen-bond acceptors (Lipinski definition) is 7. The van der Waals surface area contributed by atoms with Gasteiger partial charge in [-0.1, -0.05) is 12.1 Å². The number of aromatic hydroxyl groups is 1. The maximum Gasteiger partial charge on any atom is 0.217 e. The lowest BCUT2D eigenvalue weighted by Gasteiger charge is -2.42. The highest BCUT2D eigenvalue weighted by Gasteiger charge is 2.45. The zero-order chi connectivity index (χ0) is 17.7. The van der Waals surface area contributed by atoms with Crippen LogP contribution in [0.4, 0.5) is 0 Å². The van der Waals surface area contributed by atoms with E-state index in [2.05, 4.69) is 5.32 Å². The Morgan fingerprint density at radius 2 is 1.92 bits per heavy atom. The van der Waals surface area contributed by atoms with E-state index in [1.165, 1.54) is 6.92 Å². The van der Waals surface area contributed by atoms with Crippen LogP contribution in [0.3, 0.4) is 0 Å². The van der Waals surface area contributed by atoms with Crippen molar-refractivity contribution in [1.82, 2.24) is 5.32 Å². The highest BCUT2D eigenvalue weighted by molar-refractivity contribution is 5.73. The van der Waals surface area contributed by atoms with Gasteiger partial charge in [0.25, 0.3) is 0 Å². The molecular formula is C16H23NO7. The van der Waals surface area contributed by atoms with Crippen LogP contribution in [0.1, 0.15) is 12.5 Å². The first-order chi connectivity index (χ1) is 11.4. The second-order valence-corrected chi connectivity index (χ2v) is 5.72. The number of amides is 1. The van der Waals surface area contributed by atoms with Gasteiger partial charge in [-0.05, 0) is 24.1 Å². The summed E-state index contributed by atoms with van der Waals surface area (Å²) in [7, 11) is 0. The van der Waals surface area contributed by atoms with Crippen LogP contribution in [-0.4, -0.2) is 70.2 Å². The van der Waals surface area contributed by atoms with Crippen LogP contribution >= 0.6 is 0 Å². The molecule has 0 saturated carbocycles. The lowest BCUT2D eigenvalue weighted by molar-refractivity contribution is -0.269. The smallest absolute Gasteiger partial charge is 0.217 e. The highest BCUT2D eigenvalue weighted by Crippen LogP contribution is 2.22. The molecule has 1 aliphatic rings. The van der Waals surface area contributed by atoms with Gasteiger partial charge in [0.05, 0.1) is 13.2 Å². The third kappa shape index (κ3) is 4.65. The van der Waals surface area contributed by atoms with E-state index in [-0.39, 0.29) is 12.4 Å². The fraction of sp³-hybridized carbons (Fsp3) is 0.562. The Morgan fingerprint density at radius 3 is 2.50 bits per heavy atom. The van der Waals surface area contributed by atoms with Gasteiger partial charge in [0, 0.05) is 6.92 Å². The summed E-state index contributed by atoms with van der Waals surface area (Å²) in [6, 6.07) is 5.69. The summed E-state index contributed by atoms with van der Waals surface area (Å²) in [6.45, 7) is 1.03. The van der Waals surface area contributed by atoms with Gasteiger partial charge in [-0.3, -0.25) is 4.79 Å². The molecule has 5 N–H and O–H groups in total. The van der Waals surface area contributed by atoms with Crippen LogP contribution in [-0.2, 0) is 20.7 Å². The summed E-state index contributed by atoms with van der Waals surface area (Å²) < 4.78 is 11.1. The highest BCUT2D eigenvalue weighted by atomic mass is 16.7. The average molecular weight is 341 g/mol. The van der Waals surface area contributed by atoms with Crippen LogP contribution < -0.4 is 5.32 Å². The van der Waals surface area contributed by atoms with Gasteiger partial charge in [0.15, 0.2) is 6.29 Å². The molecule has 1 fully saturated rings. The van der Waals surface area contributed by atoms with Gasteiger partial charge in [0.2, 0.25) is 5.91 Å². The Hall–Kier alpha value is -1.71. The molecule has 8 nitrogen and oxygen atoms in total. The van der Waals surface area contributed by atoms with Gasteiger partial charge < -0.3 is 35.2 Å². The lowest BCUT2D eigenvalue weighted by Crippen LogP contribution is -2.64. The molecule has 0 aliphatic carbocycles. The van der Waals surface area contributed by atoms with Crippen LogP contribution in [0.5, 0.6) is 5.75 Å². The van der Waals surface area contributed by atoms with E-state index >= 15 is 0 Å². The number of phenols is 1. The Bertz CT molecular complexity index is 536. The van der Waals surface area contributed by atoms with Crippen molar-refractivity contribution in [2.24, 2.45) is 0 Å². The molecule has 0 radical (unpaired) electrons. The zero-order valence-corrected chi connectivity index (χ0v) is 13.3. The maximum absolute atomic E-state index is 11.3. The molecule has 2 rings (SSSR count). The number of rotatable bonds is 6. The molecule has 8 heteroatoms. The van der Waals surface area contributed by atoms with E-state index in [1.54, 1.807) is 24.3 Å². The minimum absolute atomic E-state index is 0.170. The van der Waals surface area contributed by atoms with Crippen molar-refractivity contribution in [3.8, 4) is 5.75 Å². The summed E-state index contributed by atoms with van der Waals surface area (Å²) in [5.74, 6) is -0.228. The number of ether oxygens (including phenoxy) is 2. The number of nitrogens with one attached hydrogen (secondary N) is 1. The summed E-state index contributed by atoms with van der Waals surface area (Å²) in [5, 5.41) is 41.0. The third-order valence-corrected chi connectivity index (χ3v) is 3.86. The quantitative estimate of drug-likeness (QED) is 0.444. The van der Waals surface area contributed by atoms with Crippen molar-refractivity contribution in [1.29, 1.82) is 0 Å². The Morgan fingerprint density at radius 1 is 1.25 bits per heavy atom. The summed E-state index contributed by atoms with van der Waals surface area (Å²) >= 11 is 0. The van der Waals surface area contributed by atoms with E-state index in [0.717, 1.165) is 5.56 Å². The van der Waals surface area contributed by atoms with E-state index in [4.69, 9.17) is 9.47 Å². The van der Waals surface area contributed by atoms with E-state index in [9.17, 15) is 25.2 Å². The normalized spacial score (nSPS) is 30.1. The molecule has 1 aromatic carbocycles. The third-order valence-electron chi connectivity index (χ3n) is 3.86. The number of carbonyl (C=O) groups is 1. The number of benzene rings is 1. The van der Waals surface area contributed by atoms with Gasteiger partial charge in [-0.2, -0.15) is 0 Å². The first kappa shape index (κ1) is 18.6. The minimum atomic E-state index is -1.33. The molecule has 24 heavy (non-hydrogen) atoms. The fourth-order valence-electron chi connectivity index (χ4n) is 2.57. The monoisotopic (exact) mass is 341 g/mol. The van der Waals surface area contributed by atoms with E-state index in [0.29, 0.717) is 6.42 Å². The molecule has 1 aliphatic heterocycles. The molecule has 1 amide bonds. The average Bonchev–Trinajstić information content (AvgIpc) is 2.55. The second-order valence-electron chi connectivity index (χ2n) is 5.72. The Kier molecular flexibility index (Phi) is 6.52. The van der Waals surface area contributed by atoms with E-state index in [1.807, 2.05) is 0 Å². The topological polar surface area (TPSA) is 128 Å². The van der Waals surface area contributed by atoms with Crippen molar-refractivity contribution in [3.63, 3.8) is 0 Å². The number of aliphatic hydroxyl groups excluding tert-OH is 3. The Labute approximate surface area is 139 Å². The Balaban J connectivity index is 1.97. The summed E-state index contributed by atoms with van der Waals surface area (Å²) in [5.41, 5.74) is 0.930. The number of aliphatic hydroxyl groups is 3. The van der Waals surface area contributed by atoms with Gasteiger partial charge >= 0.3 is 0 Å². The predicted octanol–water partition coefficient (Wildman–Crippen LogP) is -1.11. The fourth-order valence-corrected chi connectivity index (χ4v) is 2.57. The summed E-state index contributed by atoms with van der Waals surface area (Å²) in [6.07, 6.45) is -4.12. The molecule has 134 valence electrons. The molecule has 5 atom stereocenters. The SMILES string of the molecule is CC(=O)N[C@H]1[C@@H](OCCc2ccc(O)cc2)O[C@H](CO)[C@@H](O)[C@@H]1O. The number of hydrogen-bond donors (Lipinski definition) is 5. The first-order valence-corrected chi connectivity index (χ1v) is 7.71. The van der Waals surface area contributed by atoms with Crippen LogP contribution in [0.15, 0.2) is 24.3 Å². The predicted molar refractivity (Wildman–Crippen MR) is 83.1 cm³/mol. The molecule has 0 unspecified atom stereocenters. The maximum atomic E-state index is 11.3. The minimum Gasteiger partial charge on any atom is -0.508 e. The van der Waals surface area contributed by atoms with Crippen molar-refractivity contribution >= 4 is 5.91 Å². The van der Waals surface area contributed by atoms with Gasteiger partial charge in [0.1, 0.15) is 30.1 Å². The number of carbonyl (C=O) groups excluding carboxylic acids is 1. The molecule has 1 aromatic rings. The van der Waals surface area contributed by atoms with E-state index < -0.39 is 43.2 Å².